The topological polar surface area (TPSA) is 3.24 Å². The Hall–Kier alpha value is -7.00. The van der Waals surface area contributed by atoms with Crippen molar-refractivity contribution < 1.29 is 0 Å². The maximum absolute atomic E-state index is 2.62. The van der Waals surface area contributed by atoms with Crippen molar-refractivity contribution in [2.24, 2.45) is 0 Å². The second-order valence-corrected chi connectivity index (χ2v) is 19.5. The van der Waals surface area contributed by atoms with E-state index >= 15 is 0 Å². The first-order valence-electron chi connectivity index (χ1n) is 20.0. The molecule has 0 N–H and O–H groups in total. The SMILES string of the molecule is c1ccc(-c2cccc3c2-c2ccccc2C32c3ccccc3N(c3ccc4c(c3)[Si]3(c5ccccc5-c5ccccc53)c3ccccc3-4)c3ccccc32)cc1. The number of hydrogen-bond donors (Lipinski definition) is 0. The lowest BCUT2D eigenvalue weighted by atomic mass is 9.64. The molecule has 9 aromatic carbocycles. The summed E-state index contributed by atoms with van der Waals surface area (Å²) >= 11 is 0. The van der Waals surface area contributed by atoms with E-state index in [1.165, 1.54) is 105 Å². The summed E-state index contributed by atoms with van der Waals surface area (Å²) in [5, 5.41) is 5.99. The Morgan fingerprint density at radius 1 is 0.316 bits per heavy atom. The molecule has 13 rings (SSSR count). The van der Waals surface area contributed by atoms with Crippen LogP contribution < -0.4 is 25.6 Å². The Morgan fingerprint density at radius 3 is 1.39 bits per heavy atom. The van der Waals surface area contributed by atoms with Crippen LogP contribution >= 0.6 is 0 Å². The second kappa shape index (κ2) is 11.3. The van der Waals surface area contributed by atoms with Crippen molar-refractivity contribution in [2.75, 3.05) is 4.90 Å². The highest BCUT2D eigenvalue weighted by Crippen LogP contribution is 2.64. The summed E-state index contributed by atoms with van der Waals surface area (Å²) in [7, 11) is -2.62. The maximum Gasteiger partial charge on any atom is 0.182 e. The van der Waals surface area contributed by atoms with Gasteiger partial charge in [0.05, 0.1) is 16.8 Å². The third kappa shape index (κ3) is 3.74. The molecular formula is C55H35NSi. The average molecular weight is 738 g/mol. The molecule has 4 aliphatic rings. The lowest BCUT2D eigenvalue weighted by molar-refractivity contribution is 0.753. The molecule has 0 saturated heterocycles. The number of hydrogen-bond acceptors (Lipinski definition) is 1. The summed E-state index contributed by atoms with van der Waals surface area (Å²) in [6, 6.07) is 80.5. The monoisotopic (exact) mass is 737 g/mol. The van der Waals surface area contributed by atoms with Crippen LogP contribution in [0.5, 0.6) is 0 Å². The molecule has 1 nitrogen and oxygen atoms in total. The fourth-order valence-electron chi connectivity index (χ4n) is 11.5. The highest BCUT2D eigenvalue weighted by atomic mass is 28.3. The molecule has 3 heterocycles. The first-order valence-corrected chi connectivity index (χ1v) is 22.0. The molecule has 57 heavy (non-hydrogen) atoms. The zero-order valence-electron chi connectivity index (χ0n) is 31.2. The summed E-state index contributed by atoms with van der Waals surface area (Å²) in [4.78, 5) is 2.57. The van der Waals surface area contributed by atoms with Crippen LogP contribution in [-0.2, 0) is 5.41 Å². The molecule has 2 spiro atoms. The zero-order valence-corrected chi connectivity index (χ0v) is 32.2. The predicted molar refractivity (Wildman–Crippen MR) is 239 cm³/mol. The van der Waals surface area contributed by atoms with E-state index in [0.717, 1.165) is 0 Å². The van der Waals surface area contributed by atoms with Crippen LogP contribution in [0.2, 0.25) is 0 Å². The van der Waals surface area contributed by atoms with Crippen molar-refractivity contribution in [2.45, 2.75) is 5.41 Å². The number of nitrogens with zero attached hydrogens (tertiary/aromatic N) is 1. The summed E-state index contributed by atoms with van der Waals surface area (Å²) in [6.45, 7) is 0. The van der Waals surface area contributed by atoms with Crippen LogP contribution in [-0.4, -0.2) is 8.07 Å². The molecule has 0 saturated carbocycles. The minimum Gasteiger partial charge on any atom is -0.310 e. The van der Waals surface area contributed by atoms with Crippen molar-refractivity contribution in [3.8, 4) is 44.5 Å². The van der Waals surface area contributed by atoms with Gasteiger partial charge in [-0.15, -0.1) is 0 Å². The van der Waals surface area contributed by atoms with Gasteiger partial charge in [0.2, 0.25) is 0 Å². The molecular weight excluding hydrogens is 703 g/mol. The molecule has 0 fully saturated rings. The fourth-order valence-corrected chi connectivity index (χ4v) is 17.1. The number of anilines is 3. The lowest BCUT2D eigenvalue weighted by Crippen LogP contribution is -2.70. The van der Waals surface area contributed by atoms with Crippen LogP contribution in [0, 0.1) is 0 Å². The largest absolute Gasteiger partial charge is 0.310 e. The van der Waals surface area contributed by atoms with Gasteiger partial charge in [-0.1, -0.05) is 188 Å². The van der Waals surface area contributed by atoms with Crippen molar-refractivity contribution >= 4 is 45.9 Å². The van der Waals surface area contributed by atoms with Crippen LogP contribution in [0.1, 0.15) is 22.3 Å². The van der Waals surface area contributed by atoms with Crippen molar-refractivity contribution in [1.29, 1.82) is 0 Å². The van der Waals surface area contributed by atoms with Crippen LogP contribution in [0.3, 0.4) is 0 Å². The van der Waals surface area contributed by atoms with Gasteiger partial charge in [0.1, 0.15) is 0 Å². The molecule has 2 heteroatoms. The van der Waals surface area contributed by atoms with Crippen LogP contribution in [0.25, 0.3) is 44.5 Å². The molecule has 3 aliphatic heterocycles. The average Bonchev–Trinajstić information content (AvgIpc) is 3.87. The zero-order chi connectivity index (χ0) is 37.3. The molecule has 0 radical (unpaired) electrons. The Labute approximate surface area is 333 Å². The van der Waals surface area contributed by atoms with Gasteiger partial charge in [-0.3, -0.25) is 0 Å². The summed E-state index contributed by atoms with van der Waals surface area (Å²) < 4.78 is 0. The summed E-state index contributed by atoms with van der Waals surface area (Å²) in [6.07, 6.45) is 0. The molecule has 0 unspecified atom stereocenters. The van der Waals surface area contributed by atoms with E-state index in [-0.39, 0.29) is 0 Å². The lowest BCUT2D eigenvalue weighted by Gasteiger charge is -2.45. The molecule has 0 amide bonds. The van der Waals surface area contributed by atoms with Gasteiger partial charge in [0.15, 0.2) is 8.07 Å². The van der Waals surface area contributed by atoms with Crippen molar-refractivity contribution in [3.05, 3.63) is 235 Å². The van der Waals surface area contributed by atoms with E-state index in [2.05, 4.69) is 217 Å². The van der Waals surface area contributed by atoms with Crippen molar-refractivity contribution in [3.63, 3.8) is 0 Å². The Kier molecular flexibility index (Phi) is 6.18. The number of para-hydroxylation sites is 2. The summed E-state index contributed by atoms with van der Waals surface area (Å²) in [5.74, 6) is 0. The third-order valence-corrected chi connectivity index (χ3v) is 18.4. The molecule has 264 valence electrons. The van der Waals surface area contributed by atoms with Gasteiger partial charge in [0, 0.05) is 5.69 Å². The van der Waals surface area contributed by atoms with Gasteiger partial charge in [-0.2, -0.15) is 0 Å². The Bertz CT molecular complexity index is 3050. The maximum atomic E-state index is 2.58. The van der Waals surface area contributed by atoms with Gasteiger partial charge in [0.25, 0.3) is 0 Å². The van der Waals surface area contributed by atoms with E-state index in [0.29, 0.717) is 0 Å². The molecule has 0 aromatic heterocycles. The Balaban J connectivity index is 1.10. The van der Waals surface area contributed by atoms with Gasteiger partial charge >= 0.3 is 0 Å². The van der Waals surface area contributed by atoms with Gasteiger partial charge in [-0.25, -0.2) is 0 Å². The van der Waals surface area contributed by atoms with Crippen molar-refractivity contribution in [1.82, 2.24) is 0 Å². The number of rotatable bonds is 2. The highest BCUT2D eigenvalue weighted by Gasteiger charge is 2.55. The first kappa shape index (κ1) is 31.2. The third-order valence-electron chi connectivity index (χ3n) is 13.5. The van der Waals surface area contributed by atoms with E-state index in [4.69, 9.17) is 0 Å². The van der Waals surface area contributed by atoms with Crippen LogP contribution in [0.4, 0.5) is 17.1 Å². The molecule has 1 aliphatic carbocycles. The van der Waals surface area contributed by atoms with E-state index < -0.39 is 13.5 Å². The predicted octanol–water partition coefficient (Wildman–Crippen LogP) is 10.8. The number of fused-ring (bicyclic) bond motifs is 19. The molecule has 0 bridgehead atoms. The van der Waals surface area contributed by atoms with Gasteiger partial charge in [-0.05, 0) is 112 Å². The smallest absolute Gasteiger partial charge is 0.182 e. The Morgan fingerprint density at radius 2 is 0.772 bits per heavy atom. The first-order chi connectivity index (χ1) is 28.3. The van der Waals surface area contributed by atoms with E-state index in [1.807, 2.05) is 0 Å². The minimum absolute atomic E-state index is 0.493. The quantitative estimate of drug-likeness (QED) is 0.160. The van der Waals surface area contributed by atoms with E-state index in [9.17, 15) is 0 Å². The minimum atomic E-state index is -2.62. The number of benzene rings is 9. The summed E-state index contributed by atoms with van der Waals surface area (Å²) in [5.41, 5.74) is 19.2. The fraction of sp³-hybridized carbons (Fsp3) is 0.0182. The van der Waals surface area contributed by atoms with Crippen LogP contribution in [0.15, 0.2) is 212 Å². The molecule has 9 aromatic rings. The standard InChI is InChI=1S/C55H35NSi/c1-2-17-36(18-3-1)38-23-16-27-47-54(38)43-22-4-8-24-44(43)55(47)45-25-9-11-28-48(45)56(49-29-12-10-26-46(49)55)37-33-34-42-41-21-7-15-32-52(41)57(53(42)35-37)50-30-13-5-19-39(50)40-20-6-14-31-51(40)57/h1-35H. The molecule has 0 atom stereocenters. The van der Waals surface area contributed by atoms with E-state index in [1.54, 1.807) is 0 Å². The highest BCUT2D eigenvalue weighted by molar-refractivity contribution is 7.24. The second-order valence-electron chi connectivity index (χ2n) is 15.9. The normalized spacial score (nSPS) is 14.9. The van der Waals surface area contributed by atoms with Gasteiger partial charge < -0.3 is 4.90 Å².